The number of aliphatic hydroxyl groups is 1. The Morgan fingerprint density at radius 1 is 1.07 bits per heavy atom. The summed E-state index contributed by atoms with van der Waals surface area (Å²) in [7, 11) is 0. The van der Waals surface area contributed by atoms with Gasteiger partial charge in [-0.05, 0) is 51.9 Å². The number of likely N-dealkylation sites (tertiary alicyclic amines) is 2. The molecule has 3 aliphatic rings. The van der Waals surface area contributed by atoms with E-state index in [1.807, 2.05) is 16.7 Å². The smallest absolute Gasteiger partial charge is 0.257 e. The van der Waals surface area contributed by atoms with Gasteiger partial charge in [-0.1, -0.05) is 19.3 Å². The van der Waals surface area contributed by atoms with E-state index in [9.17, 15) is 14.7 Å². The first-order chi connectivity index (χ1) is 14.5. The molecule has 1 aromatic heterocycles. The Labute approximate surface area is 178 Å². The highest BCUT2D eigenvalue weighted by atomic mass is 16.3. The first-order valence-corrected chi connectivity index (χ1v) is 11.6. The fourth-order valence-electron chi connectivity index (χ4n) is 5.29. The molecule has 0 aromatic carbocycles. The van der Waals surface area contributed by atoms with Gasteiger partial charge in [-0.15, -0.1) is 0 Å². The highest BCUT2D eigenvalue weighted by Crippen LogP contribution is 2.37. The third-order valence-corrected chi connectivity index (χ3v) is 6.97. The van der Waals surface area contributed by atoms with E-state index in [0.29, 0.717) is 36.5 Å². The molecule has 1 aliphatic carbocycles. The standard InChI is InChI=1S/C23H34N4O3/c1-17-24-16-18(22(29)26-12-6-3-7-13-26)21(25-17)19-9-8-14-27(19)20(28)15-23(30)10-4-2-5-11-23/h16,19,30H,2-15H2,1H3/t19-/m0/s1. The van der Waals surface area contributed by atoms with Crippen LogP contribution in [0.25, 0.3) is 0 Å². The van der Waals surface area contributed by atoms with E-state index in [1.165, 1.54) is 0 Å². The average Bonchev–Trinajstić information content (AvgIpc) is 3.24. The first kappa shape index (κ1) is 21.2. The topological polar surface area (TPSA) is 86.6 Å². The number of aryl methyl sites for hydroxylation is 1. The van der Waals surface area contributed by atoms with Crippen molar-refractivity contribution >= 4 is 11.8 Å². The van der Waals surface area contributed by atoms with Crippen LogP contribution in [-0.4, -0.2) is 61.9 Å². The minimum Gasteiger partial charge on any atom is -0.389 e. The quantitative estimate of drug-likeness (QED) is 0.818. The van der Waals surface area contributed by atoms with Gasteiger partial charge in [0.15, 0.2) is 0 Å². The van der Waals surface area contributed by atoms with Crippen LogP contribution in [-0.2, 0) is 4.79 Å². The van der Waals surface area contributed by atoms with E-state index >= 15 is 0 Å². The van der Waals surface area contributed by atoms with Gasteiger partial charge in [0.2, 0.25) is 5.91 Å². The van der Waals surface area contributed by atoms with Crippen molar-refractivity contribution in [3.05, 3.63) is 23.3 Å². The van der Waals surface area contributed by atoms with Crippen LogP contribution in [0.3, 0.4) is 0 Å². The molecule has 0 radical (unpaired) electrons. The van der Waals surface area contributed by atoms with Gasteiger partial charge < -0.3 is 14.9 Å². The van der Waals surface area contributed by atoms with Gasteiger partial charge in [0.1, 0.15) is 5.82 Å². The predicted octanol–water partition coefficient (Wildman–Crippen LogP) is 3.16. The van der Waals surface area contributed by atoms with Crippen molar-refractivity contribution in [3.63, 3.8) is 0 Å². The van der Waals surface area contributed by atoms with Crippen LogP contribution in [0.1, 0.15) is 98.5 Å². The number of hydrogen-bond acceptors (Lipinski definition) is 5. The lowest BCUT2D eigenvalue weighted by Crippen LogP contribution is -2.41. The molecule has 0 unspecified atom stereocenters. The third kappa shape index (κ3) is 4.51. The molecular formula is C23H34N4O3. The lowest BCUT2D eigenvalue weighted by Gasteiger charge is -2.34. The van der Waals surface area contributed by atoms with E-state index < -0.39 is 5.60 Å². The van der Waals surface area contributed by atoms with Gasteiger partial charge in [-0.2, -0.15) is 0 Å². The molecule has 2 saturated heterocycles. The molecule has 1 atom stereocenters. The van der Waals surface area contributed by atoms with E-state index in [-0.39, 0.29) is 24.3 Å². The van der Waals surface area contributed by atoms with Gasteiger partial charge in [-0.3, -0.25) is 9.59 Å². The SMILES string of the molecule is Cc1ncc(C(=O)N2CCCCC2)c([C@@H]2CCCN2C(=O)CC2(O)CCCCC2)n1. The number of carbonyl (C=O) groups excluding carboxylic acids is 2. The van der Waals surface area contributed by atoms with Crippen LogP contribution >= 0.6 is 0 Å². The molecule has 3 fully saturated rings. The number of nitrogens with zero attached hydrogens (tertiary/aromatic N) is 4. The molecule has 2 amide bonds. The summed E-state index contributed by atoms with van der Waals surface area (Å²) < 4.78 is 0. The monoisotopic (exact) mass is 414 g/mol. The Kier molecular flexibility index (Phi) is 6.37. The zero-order valence-electron chi connectivity index (χ0n) is 18.1. The largest absolute Gasteiger partial charge is 0.389 e. The number of amides is 2. The van der Waals surface area contributed by atoms with Crippen LogP contribution in [0.2, 0.25) is 0 Å². The van der Waals surface area contributed by atoms with Crippen molar-refractivity contribution in [3.8, 4) is 0 Å². The Bertz CT molecular complexity index is 785. The van der Waals surface area contributed by atoms with Crippen molar-refractivity contribution in [2.45, 2.75) is 89.2 Å². The van der Waals surface area contributed by atoms with Crippen LogP contribution in [0.15, 0.2) is 6.20 Å². The minimum absolute atomic E-state index is 0.0186. The highest BCUT2D eigenvalue weighted by molar-refractivity contribution is 5.95. The van der Waals surface area contributed by atoms with Crippen molar-refractivity contribution in [2.75, 3.05) is 19.6 Å². The number of carbonyl (C=O) groups is 2. The second-order valence-corrected chi connectivity index (χ2v) is 9.28. The number of piperidine rings is 1. The molecular weight excluding hydrogens is 380 g/mol. The molecule has 0 bridgehead atoms. The first-order valence-electron chi connectivity index (χ1n) is 11.6. The molecule has 7 nitrogen and oxygen atoms in total. The molecule has 30 heavy (non-hydrogen) atoms. The summed E-state index contributed by atoms with van der Waals surface area (Å²) in [6, 6.07) is -0.213. The van der Waals surface area contributed by atoms with Gasteiger partial charge >= 0.3 is 0 Å². The summed E-state index contributed by atoms with van der Waals surface area (Å²) in [6.07, 6.45) is 11.2. The van der Waals surface area contributed by atoms with Crippen molar-refractivity contribution in [1.29, 1.82) is 0 Å². The molecule has 1 N–H and O–H groups in total. The lowest BCUT2D eigenvalue weighted by molar-refractivity contribution is -0.138. The third-order valence-electron chi connectivity index (χ3n) is 6.97. The maximum absolute atomic E-state index is 13.2. The summed E-state index contributed by atoms with van der Waals surface area (Å²) in [6.45, 7) is 4.02. The number of hydrogen-bond donors (Lipinski definition) is 1. The Balaban J connectivity index is 1.56. The van der Waals surface area contributed by atoms with Gasteiger partial charge in [0, 0.05) is 25.8 Å². The summed E-state index contributed by atoms with van der Waals surface area (Å²) >= 11 is 0. The molecule has 4 rings (SSSR count). The molecule has 1 aromatic rings. The summed E-state index contributed by atoms with van der Waals surface area (Å²) in [5, 5.41) is 10.9. The van der Waals surface area contributed by atoms with Gasteiger partial charge in [-0.25, -0.2) is 9.97 Å². The normalized spacial score (nSPS) is 24.1. The van der Waals surface area contributed by atoms with E-state index in [2.05, 4.69) is 9.97 Å². The van der Waals surface area contributed by atoms with Crippen molar-refractivity contribution in [2.24, 2.45) is 0 Å². The zero-order chi connectivity index (χ0) is 21.1. The second kappa shape index (κ2) is 9.00. The van der Waals surface area contributed by atoms with E-state index in [4.69, 9.17) is 0 Å². The van der Waals surface area contributed by atoms with Crippen LogP contribution in [0.5, 0.6) is 0 Å². The van der Waals surface area contributed by atoms with Gasteiger partial charge in [0.25, 0.3) is 5.91 Å². The number of rotatable bonds is 4. The predicted molar refractivity (Wildman–Crippen MR) is 113 cm³/mol. The van der Waals surface area contributed by atoms with Crippen LogP contribution in [0, 0.1) is 6.92 Å². The van der Waals surface area contributed by atoms with E-state index in [1.54, 1.807) is 6.20 Å². The molecule has 7 heteroatoms. The minimum atomic E-state index is -0.878. The maximum Gasteiger partial charge on any atom is 0.257 e. The number of aromatic nitrogens is 2. The molecule has 164 valence electrons. The van der Waals surface area contributed by atoms with Crippen molar-refractivity contribution in [1.82, 2.24) is 19.8 Å². The summed E-state index contributed by atoms with van der Waals surface area (Å²) in [5.74, 6) is 0.579. The lowest BCUT2D eigenvalue weighted by atomic mass is 9.82. The maximum atomic E-state index is 13.2. The van der Waals surface area contributed by atoms with Crippen molar-refractivity contribution < 1.29 is 14.7 Å². The molecule has 2 aliphatic heterocycles. The zero-order valence-corrected chi connectivity index (χ0v) is 18.1. The van der Waals surface area contributed by atoms with E-state index in [0.717, 1.165) is 64.5 Å². The second-order valence-electron chi connectivity index (χ2n) is 9.28. The van der Waals surface area contributed by atoms with Crippen LogP contribution in [0.4, 0.5) is 0 Å². The molecule has 0 spiro atoms. The van der Waals surface area contributed by atoms with Crippen LogP contribution < -0.4 is 0 Å². The Morgan fingerprint density at radius 3 is 2.50 bits per heavy atom. The molecule has 3 heterocycles. The van der Waals surface area contributed by atoms with Gasteiger partial charge in [0.05, 0.1) is 29.3 Å². The Morgan fingerprint density at radius 2 is 1.77 bits per heavy atom. The average molecular weight is 415 g/mol. The molecule has 1 saturated carbocycles. The Hall–Kier alpha value is -2.02. The summed E-state index contributed by atoms with van der Waals surface area (Å²) in [5.41, 5.74) is 0.333. The fraction of sp³-hybridized carbons (Fsp3) is 0.739. The summed E-state index contributed by atoms with van der Waals surface area (Å²) in [4.78, 5) is 39.1. The fourth-order valence-corrected chi connectivity index (χ4v) is 5.29. The highest BCUT2D eigenvalue weighted by Gasteiger charge is 2.39.